The Morgan fingerprint density at radius 3 is 2.57 bits per heavy atom. The van der Waals surface area contributed by atoms with Crippen molar-refractivity contribution in [2.45, 2.75) is 25.2 Å². The molecule has 0 saturated heterocycles. The van der Waals surface area contributed by atoms with E-state index in [1.807, 2.05) is 66.1 Å². The van der Waals surface area contributed by atoms with Gasteiger partial charge in [0.1, 0.15) is 0 Å². The highest BCUT2D eigenvalue weighted by atomic mass is 32.2. The molecule has 0 bridgehead atoms. The molecule has 0 aliphatic carbocycles. The van der Waals surface area contributed by atoms with Gasteiger partial charge in [-0.05, 0) is 12.5 Å². The van der Waals surface area contributed by atoms with Crippen LogP contribution in [0.4, 0.5) is 0 Å². The highest BCUT2D eigenvalue weighted by Crippen LogP contribution is 2.23. The minimum absolute atomic E-state index is 0.0341. The molecule has 0 radical (unpaired) electrons. The second kappa shape index (κ2) is 10.1. The Balaban J connectivity index is 1.62. The molecule has 146 valence electrons. The third kappa shape index (κ3) is 5.43. The van der Waals surface area contributed by atoms with Gasteiger partial charge in [0, 0.05) is 19.2 Å². The van der Waals surface area contributed by atoms with E-state index >= 15 is 0 Å². The summed E-state index contributed by atoms with van der Waals surface area (Å²) < 4.78 is 7.21. The Bertz CT molecular complexity index is 895. The lowest BCUT2D eigenvalue weighted by molar-refractivity contribution is -0.118. The quantitative estimate of drug-likeness (QED) is 0.562. The summed E-state index contributed by atoms with van der Waals surface area (Å²) in [5.41, 5.74) is 3.27. The maximum atomic E-state index is 12.2. The molecular formula is C21H24N4O2S. The van der Waals surface area contributed by atoms with Crippen molar-refractivity contribution in [3.05, 3.63) is 65.7 Å². The van der Waals surface area contributed by atoms with E-state index in [9.17, 15) is 4.79 Å². The van der Waals surface area contributed by atoms with Crippen LogP contribution in [-0.4, -0.2) is 40.1 Å². The van der Waals surface area contributed by atoms with Gasteiger partial charge in [0.15, 0.2) is 11.0 Å². The molecule has 0 aliphatic rings. The van der Waals surface area contributed by atoms with Crippen molar-refractivity contribution in [3.63, 3.8) is 0 Å². The van der Waals surface area contributed by atoms with Crippen molar-refractivity contribution in [3.8, 4) is 11.4 Å². The molecule has 3 aromatic rings. The van der Waals surface area contributed by atoms with Crippen molar-refractivity contribution in [2.24, 2.45) is 0 Å². The summed E-state index contributed by atoms with van der Waals surface area (Å²) >= 11 is 1.38. The van der Waals surface area contributed by atoms with Gasteiger partial charge in [-0.3, -0.25) is 9.36 Å². The number of thioether (sulfide) groups is 1. The fourth-order valence-electron chi connectivity index (χ4n) is 2.67. The van der Waals surface area contributed by atoms with E-state index in [4.69, 9.17) is 4.74 Å². The van der Waals surface area contributed by atoms with Gasteiger partial charge in [0.25, 0.3) is 0 Å². The molecule has 1 aromatic heterocycles. The zero-order chi connectivity index (χ0) is 19.8. The Kier molecular flexibility index (Phi) is 7.22. The normalized spacial score (nSPS) is 10.8. The smallest absolute Gasteiger partial charge is 0.230 e. The Hall–Kier alpha value is -2.64. The molecule has 2 aromatic carbocycles. The first kappa shape index (κ1) is 20.1. The van der Waals surface area contributed by atoms with Crippen LogP contribution in [0.1, 0.15) is 11.1 Å². The molecule has 28 heavy (non-hydrogen) atoms. The first-order valence-electron chi connectivity index (χ1n) is 9.10. The molecule has 0 aliphatic heterocycles. The summed E-state index contributed by atoms with van der Waals surface area (Å²) in [4.78, 5) is 12.2. The molecule has 7 heteroatoms. The van der Waals surface area contributed by atoms with Crippen molar-refractivity contribution in [2.75, 3.05) is 19.5 Å². The number of hydrogen-bond acceptors (Lipinski definition) is 5. The number of nitrogens with zero attached hydrogens (tertiary/aromatic N) is 3. The number of rotatable bonds is 9. The maximum absolute atomic E-state index is 12.2. The van der Waals surface area contributed by atoms with Crippen LogP contribution in [0.5, 0.6) is 0 Å². The Morgan fingerprint density at radius 1 is 1.11 bits per heavy atom. The maximum Gasteiger partial charge on any atom is 0.230 e. The number of benzene rings is 2. The van der Waals surface area contributed by atoms with Gasteiger partial charge in [0.05, 0.1) is 18.9 Å². The van der Waals surface area contributed by atoms with E-state index in [-0.39, 0.29) is 11.7 Å². The summed E-state index contributed by atoms with van der Waals surface area (Å²) in [6.45, 7) is 3.74. The van der Waals surface area contributed by atoms with Gasteiger partial charge in [-0.1, -0.05) is 71.9 Å². The number of amides is 1. The largest absolute Gasteiger partial charge is 0.383 e. The number of hydrogen-bond donors (Lipinski definition) is 1. The number of ether oxygens (including phenoxy) is 1. The standard InChI is InChI=1S/C21H24N4O2S/c1-16-8-10-17(11-9-16)14-22-19(26)15-28-21-24-23-20(25(21)12-13-27-2)18-6-4-3-5-7-18/h3-11H,12-15H2,1-2H3,(H,22,26). The van der Waals surface area contributed by atoms with E-state index in [0.29, 0.717) is 24.9 Å². The number of aromatic nitrogens is 3. The molecule has 1 heterocycles. The average Bonchev–Trinajstić information content (AvgIpc) is 3.13. The zero-order valence-corrected chi connectivity index (χ0v) is 16.9. The van der Waals surface area contributed by atoms with E-state index in [2.05, 4.69) is 15.5 Å². The minimum Gasteiger partial charge on any atom is -0.383 e. The van der Waals surface area contributed by atoms with Crippen LogP contribution in [0.25, 0.3) is 11.4 Å². The second-order valence-corrected chi connectivity index (χ2v) is 7.31. The molecule has 0 atom stereocenters. The average molecular weight is 397 g/mol. The van der Waals surface area contributed by atoms with E-state index in [0.717, 1.165) is 17.0 Å². The van der Waals surface area contributed by atoms with Crippen molar-refractivity contribution in [1.82, 2.24) is 20.1 Å². The molecule has 3 rings (SSSR count). The summed E-state index contributed by atoms with van der Waals surface area (Å²) in [5.74, 6) is 1.03. The Morgan fingerprint density at radius 2 is 1.86 bits per heavy atom. The summed E-state index contributed by atoms with van der Waals surface area (Å²) in [7, 11) is 1.66. The highest BCUT2D eigenvalue weighted by Gasteiger charge is 2.15. The van der Waals surface area contributed by atoms with Crippen LogP contribution >= 0.6 is 11.8 Å². The zero-order valence-electron chi connectivity index (χ0n) is 16.1. The minimum atomic E-state index is -0.0341. The highest BCUT2D eigenvalue weighted by molar-refractivity contribution is 7.99. The molecule has 1 amide bonds. The summed E-state index contributed by atoms with van der Waals surface area (Å²) in [6, 6.07) is 18.0. The van der Waals surface area contributed by atoms with Crippen molar-refractivity contribution in [1.29, 1.82) is 0 Å². The third-order valence-corrected chi connectivity index (χ3v) is 5.18. The molecule has 1 N–H and O–H groups in total. The lowest BCUT2D eigenvalue weighted by atomic mass is 10.1. The van der Waals surface area contributed by atoms with Gasteiger partial charge >= 0.3 is 0 Å². The van der Waals surface area contributed by atoms with Crippen LogP contribution in [-0.2, 0) is 22.6 Å². The van der Waals surface area contributed by atoms with Gasteiger partial charge < -0.3 is 10.1 Å². The molecule has 0 saturated carbocycles. The number of nitrogens with one attached hydrogen (secondary N) is 1. The van der Waals surface area contributed by atoms with E-state index in [1.54, 1.807) is 7.11 Å². The van der Waals surface area contributed by atoms with Crippen molar-refractivity contribution < 1.29 is 9.53 Å². The topological polar surface area (TPSA) is 69.0 Å². The number of methoxy groups -OCH3 is 1. The Labute approximate surface area is 169 Å². The van der Waals surface area contributed by atoms with Gasteiger partial charge in [-0.25, -0.2) is 0 Å². The predicted molar refractivity (Wildman–Crippen MR) is 111 cm³/mol. The molecule has 0 spiro atoms. The first-order chi connectivity index (χ1) is 13.7. The summed E-state index contributed by atoms with van der Waals surface area (Å²) in [5, 5.41) is 12.3. The number of carbonyl (C=O) groups excluding carboxylic acids is 1. The predicted octanol–water partition coefficient (Wildman–Crippen LogP) is 3.31. The lowest BCUT2D eigenvalue weighted by Crippen LogP contribution is -2.24. The molecule has 0 unspecified atom stereocenters. The van der Waals surface area contributed by atoms with E-state index < -0.39 is 0 Å². The van der Waals surface area contributed by atoms with Gasteiger partial charge in [-0.2, -0.15) is 0 Å². The summed E-state index contributed by atoms with van der Waals surface area (Å²) in [6.07, 6.45) is 0. The second-order valence-electron chi connectivity index (χ2n) is 6.37. The lowest BCUT2D eigenvalue weighted by Gasteiger charge is -2.10. The SMILES string of the molecule is COCCn1c(SCC(=O)NCc2ccc(C)cc2)nnc1-c1ccccc1. The fraction of sp³-hybridized carbons (Fsp3) is 0.286. The molecule has 6 nitrogen and oxygen atoms in total. The van der Waals surface area contributed by atoms with Gasteiger partial charge in [-0.15, -0.1) is 10.2 Å². The fourth-order valence-corrected chi connectivity index (χ4v) is 3.46. The van der Waals surface area contributed by atoms with Crippen molar-refractivity contribution >= 4 is 17.7 Å². The number of aryl methyl sites for hydroxylation is 1. The first-order valence-corrected chi connectivity index (χ1v) is 10.1. The van der Waals surface area contributed by atoms with Crippen LogP contribution in [0.2, 0.25) is 0 Å². The molecular weight excluding hydrogens is 372 g/mol. The van der Waals surface area contributed by atoms with E-state index in [1.165, 1.54) is 17.3 Å². The third-order valence-electron chi connectivity index (χ3n) is 4.21. The van der Waals surface area contributed by atoms with Crippen LogP contribution in [0.3, 0.4) is 0 Å². The van der Waals surface area contributed by atoms with Gasteiger partial charge in [0.2, 0.25) is 5.91 Å². The van der Waals surface area contributed by atoms with Crippen LogP contribution in [0.15, 0.2) is 59.8 Å². The monoisotopic (exact) mass is 396 g/mol. The molecule has 0 fully saturated rings. The van der Waals surface area contributed by atoms with Crippen LogP contribution < -0.4 is 5.32 Å². The van der Waals surface area contributed by atoms with Crippen LogP contribution in [0, 0.1) is 6.92 Å². The number of carbonyl (C=O) groups is 1.